The van der Waals surface area contributed by atoms with Crippen LogP contribution in [0, 0.1) is 0 Å². The minimum atomic E-state index is -5.06. The first kappa shape index (κ1) is 28.9. The van der Waals surface area contributed by atoms with Gasteiger partial charge in [0.2, 0.25) is 11.8 Å². The van der Waals surface area contributed by atoms with E-state index in [1.165, 1.54) is 12.4 Å². The second kappa shape index (κ2) is 12.0. The summed E-state index contributed by atoms with van der Waals surface area (Å²) in [5, 5.41) is 24.6. The van der Waals surface area contributed by atoms with E-state index >= 15 is 0 Å². The Morgan fingerprint density at radius 2 is 1.10 bits per heavy atom. The van der Waals surface area contributed by atoms with E-state index < -0.39 is 46.4 Å². The summed E-state index contributed by atoms with van der Waals surface area (Å²) < 4.78 is 83.9. The summed E-state index contributed by atoms with van der Waals surface area (Å²) in [7, 11) is 0. The lowest BCUT2D eigenvalue weighted by atomic mass is 9.93. The van der Waals surface area contributed by atoms with Gasteiger partial charge in [-0.1, -0.05) is 35.7 Å². The number of carbonyl (C=O) groups is 2. The largest absolute Gasteiger partial charge is 0.417 e. The first-order valence-corrected chi connectivity index (χ1v) is 12.9. The number of hydrogen-bond donors (Lipinski definition) is 4. The second-order valence-corrected chi connectivity index (χ2v) is 9.80. The Bertz CT molecular complexity index is 1370. The summed E-state index contributed by atoms with van der Waals surface area (Å²) in [5.41, 5.74) is -4.81. The van der Waals surface area contributed by atoms with Crippen molar-refractivity contribution in [3.8, 4) is 11.1 Å². The van der Waals surface area contributed by atoms with Crippen molar-refractivity contribution in [2.45, 2.75) is 22.4 Å². The van der Waals surface area contributed by atoms with Crippen LogP contribution in [0.15, 0.2) is 58.8 Å². The lowest BCUT2D eigenvalue weighted by molar-refractivity contribution is -0.139. The van der Waals surface area contributed by atoms with E-state index in [1.807, 2.05) is 0 Å². The van der Waals surface area contributed by atoms with Gasteiger partial charge in [0.25, 0.3) is 0 Å². The van der Waals surface area contributed by atoms with E-state index in [9.17, 15) is 35.9 Å². The third kappa shape index (κ3) is 7.53. The molecule has 210 valence electrons. The van der Waals surface area contributed by atoms with Crippen molar-refractivity contribution in [1.82, 2.24) is 30.8 Å². The fourth-order valence-corrected chi connectivity index (χ4v) is 4.54. The Kier molecular flexibility index (Phi) is 8.67. The first-order chi connectivity index (χ1) is 18.9. The molecular formula is C22H16F6N8O2S2. The zero-order valence-corrected chi connectivity index (χ0v) is 21.4. The number of halogens is 6. The molecule has 0 aliphatic carbocycles. The van der Waals surface area contributed by atoms with Gasteiger partial charge in [-0.05, 0) is 35.4 Å². The molecule has 0 unspecified atom stereocenters. The van der Waals surface area contributed by atoms with Gasteiger partial charge in [-0.3, -0.25) is 9.59 Å². The second-order valence-electron chi connectivity index (χ2n) is 7.81. The lowest BCUT2D eigenvalue weighted by Gasteiger charge is -2.19. The van der Waals surface area contributed by atoms with Crippen LogP contribution in [-0.4, -0.2) is 54.1 Å². The number of carbonyl (C=O) groups excluding carboxylic acids is 2. The molecule has 40 heavy (non-hydrogen) atoms. The predicted octanol–water partition coefficient (Wildman–Crippen LogP) is 5.09. The maximum Gasteiger partial charge on any atom is 0.417 e. The van der Waals surface area contributed by atoms with Crippen LogP contribution >= 0.6 is 23.5 Å². The molecule has 4 aromatic rings. The number of thioether (sulfide) groups is 2. The van der Waals surface area contributed by atoms with Gasteiger partial charge in [0.15, 0.2) is 0 Å². The molecule has 0 radical (unpaired) electrons. The van der Waals surface area contributed by atoms with Crippen molar-refractivity contribution in [1.29, 1.82) is 0 Å². The van der Waals surface area contributed by atoms with Crippen LogP contribution < -0.4 is 10.6 Å². The quantitative estimate of drug-likeness (QED) is 0.153. The number of aromatic amines is 2. The number of H-pyrrole nitrogens is 2. The SMILES string of the molecule is O=C(CSc1cn[nH]n1)Nc1ccc(-c2ccc(NC(=O)CSc3cn[nH]n3)cc2C(F)(F)F)c(C(F)(F)F)c1. The number of alkyl halides is 6. The molecule has 4 rings (SSSR count). The van der Waals surface area contributed by atoms with Gasteiger partial charge < -0.3 is 10.6 Å². The Labute approximate surface area is 229 Å². The van der Waals surface area contributed by atoms with Gasteiger partial charge >= 0.3 is 12.4 Å². The van der Waals surface area contributed by atoms with Crippen molar-refractivity contribution in [3.63, 3.8) is 0 Å². The number of anilines is 2. The summed E-state index contributed by atoms with van der Waals surface area (Å²) >= 11 is 1.95. The van der Waals surface area contributed by atoms with Crippen molar-refractivity contribution < 1.29 is 35.9 Å². The average Bonchev–Trinajstić information content (AvgIpc) is 3.60. The van der Waals surface area contributed by atoms with Gasteiger partial charge in [-0.25, -0.2) is 0 Å². The van der Waals surface area contributed by atoms with Crippen molar-refractivity contribution in [2.75, 3.05) is 22.1 Å². The van der Waals surface area contributed by atoms with Crippen LogP contribution in [0.2, 0.25) is 0 Å². The van der Waals surface area contributed by atoms with Crippen LogP contribution in [-0.2, 0) is 21.9 Å². The van der Waals surface area contributed by atoms with Crippen LogP contribution in [0.4, 0.5) is 37.7 Å². The van der Waals surface area contributed by atoms with E-state index in [2.05, 4.69) is 41.5 Å². The normalized spacial score (nSPS) is 11.8. The molecule has 4 N–H and O–H groups in total. The third-order valence-electron chi connectivity index (χ3n) is 5.00. The number of hydrogen-bond acceptors (Lipinski definition) is 8. The van der Waals surface area contributed by atoms with E-state index in [4.69, 9.17) is 0 Å². The molecule has 0 aliphatic rings. The lowest BCUT2D eigenvalue weighted by Crippen LogP contribution is -2.17. The third-order valence-corrected chi connectivity index (χ3v) is 6.79. The first-order valence-electron chi connectivity index (χ1n) is 10.9. The van der Waals surface area contributed by atoms with E-state index in [0.717, 1.165) is 47.8 Å². The smallest absolute Gasteiger partial charge is 0.325 e. The Balaban J connectivity index is 1.58. The number of rotatable bonds is 9. The molecule has 0 bridgehead atoms. The molecular weight excluding hydrogens is 586 g/mol. The van der Waals surface area contributed by atoms with E-state index in [1.54, 1.807) is 0 Å². The Morgan fingerprint density at radius 1 is 0.700 bits per heavy atom. The minimum Gasteiger partial charge on any atom is -0.325 e. The van der Waals surface area contributed by atoms with Crippen molar-refractivity contribution >= 4 is 46.7 Å². The number of nitrogens with zero attached hydrogens (tertiary/aromatic N) is 4. The minimum absolute atomic E-state index is 0.196. The highest BCUT2D eigenvalue weighted by atomic mass is 32.2. The fraction of sp³-hybridized carbons (Fsp3) is 0.182. The van der Waals surface area contributed by atoms with E-state index in [-0.39, 0.29) is 22.9 Å². The molecule has 10 nitrogen and oxygen atoms in total. The number of amides is 2. The standard InChI is InChI=1S/C22H16F6N8O2S2/c23-21(24,25)15-5-11(31-17(37)9-39-19-7-29-35-33-19)1-3-13(15)14-4-2-12(6-16(14)22(26,27)28)32-18(38)10-40-20-8-30-36-34-20/h1-8H,9-10H2,(H,31,37)(H,32,38)(H,29,33,35)(H,30,34,36). The molecule has 18 heteroatoms. The van der Waals surface area contributed by atoms with Crippen LogP contribution in [0.25, 0.3) is 11.1 Å². The maximum atomic E-state index is 14.0. The zero-order valence-electron chi connectivity index (χ0n) is 19.7. The van der Waals surface area contributed by atoms with Crippen molar-refractivity contribution in [3.05, 3.63) is 59.9 Å². The van der Waals surface area contributed by atoms with Crippen LogP contribution in [0.3, 0.4) is 0 Å². The van der Waals surface area contributed by atoms with Gasteiger partial charge in [0, 0.05) is 11.4 Å². The van der Waals surface area contributed by atoms with Crippen LogP contribution in [0.5, 0.6) is 0 Å². The van der Waals surface area contributed by atoms with E-state index in [0.29, 0.717) is 22.2 Å². The molecule has 0 fully saturated rings. The number of nitrogens with one attached hydrogen (secondary N) is 4. The predicted molar refractivity (Wildman–Crippen MR) is 133 cm³/mol. The fourth-order valence-electron chi connectivity index (χ4n) is 3.38. The van der Waals surface area contributed by atoms with Gasteiger partial charge in [-0.15, -0.1) is 10.2 Å². The number of benzene rings is 2. The molecule has 2 amide bonds. The average molecular weight is 603 g/mol. The zero-order chi connectivity index (χ0) is 28.9. The molecule has 2 aromatic carbocycles. The van der Waals surface area contributed by atoms with Gasteiger partial charge in [0.1, 0.15) is 10.1 Å². The summed E-state index contributed by atoms with van der Waals surface area (Å²) in [5.74, 6) is -1.71. The highest BCUT2D eigenvalue weighted by molar-refractivity contribution is 8.00. The van der Waals surface area contributed by atoms with Gasteiger partial charge in [0.05, 0.1) is 35.0 Å². The summed E-state index contributed by atoms with van der Waals surface area (Å²) in [4.78, 5) is 24.4. The molecule has 0 saturated carbocycles. The summed E-state index contributed by atoms with van der Waals surface area (Å²) in [6, 6.07) is 4.96. The highest BCUT2D eigenvalue weighted by Crippen LogP contribution is 2.44. The molecule has 0 spiro atoms. The molecule has 0 atom stereocenters. The number of aromatic nitrogens is 6. The molecule has 2 aromatic heterocycles. The molecule has 2 heterocycles. The Morgan fingerprint density at radius 3 is 1.43 bits per heavy atom. The maximum absolute atomic E-state index is 14.0. The van der Waals surface area contributed by atoms with Crippen LogP contribution in [0.1, 0.15) is 11.1 Å². The summed E-state index contributed by atoms with van der Waals surface area (Å²) in [6.07, 6.45) is -7.42. The monoisotopic (exact) mass is 602 g/mol. The molecule has 0 aliphatic heterocycles. The van der Waals surface area contributed by atoms with Crippen molar-refractivity contribution in [2.24, 2.45) is 0 Å². The Hall–Kier alpha value is -4.06. The highest BCUT2D eigenvalue weighted by Gasteiger charge is 2.39. The van der Waals surface area contributed by atoms with Gasteiger partial charge in [-0.2, -0.15) is 47.0 Å². The summed E-state index contributed by atoms with van der Waals surface area (Å²) in [6.45, 7) is 0. The molecule has 0 saturated heterocycles. The topological polar surface area (TPSA) is 141 Å².